The van der Waals surface area contributed by atoms with Crippen LogP contribution in [-0.4, -0.2) is 42.3 Å². The highest BCUT2D eigenvalue weighted by molar-refractivity contribution is 6.05. The van der Waals surface area contributed by atoms with Gasteiger partial charge in [0.05, 0.1) is 7.11 Å². The predicted octanol–water partition coefficient (Wildman–Crippen LogP) is 2.71. The van der Waals surface area contributed by atoms with Gasteiger partial charge in [0.15, 0.2) is 0 Å². The minimum absolute atomic E-state index is 0.279. The fraction of sp³-hybridized carbons (Fsp3) is 0.150. The number of benzene rings is 1. The Morgan fingerprint density at radius 1 is 1.10 bits per heavy atom. The Morgan fingerprint density at radius 2 is 1.87 bits per heavy atom. The molecule has 0 unspecified atom stereocenters. The minimum atomic E-state index is -0.295. The van der Waals surface area contributed by atoms with Gasteiger partial charge >= 0.3 is 0 Å². The van der Waals surface area contributed by atoms with Crippen LogP contribution < -0.4 is 15.4 Å². The molecule has 0 spiro atoms. The van der Waals surface area contributed by atoms with Gasteiger partial charge in [-0.15, -0.1) is 5.10 Å². The third kappa shape index (κ3) is 3.97. The molecule has 4 rings (SSSR count). The monoisotopic (exact) mass is 404 g/mol. The van der Waals surface area contributed by atoms with Gasteiger partial charge in [-0.1, -0.05) is 0 Å². The predicted molar refractivity (Wildman–Crippen MR) is 111 cm³/mol. The van der Waals surface area contributed by atoms with Gasteiger partial charge in [-0.05, 0) is 31.2 Å². The van der Waals surface area contributed by atoms with Crippen LogP contribution in [0.3, 0.4) is 0 Å². The highest BCUT2D eigenvalue weighted by atomic mass is 16.5. The number of aromatic nitrogens is 6. The Labute approximate surface area is 172 Å². The van der Waals surface area contributed by atoms with Crippen molar-refractivity contribution in [1.29, 1.82) is 0 Å². The van der Waals surface area contributed by atoms with E-state index in [0.29, 0.717) is 17.1 Å². The van der Waals surface area contributed by atoms with Gasteiger partial charge in [0, 0.05) is 43.1 Å². The SMILES string of the molecule is COc1nn(C)cc1C(=O)Nc1ccc(Nc2cc(-n3ccnc3C)ncn2)cc1. The number of methoxy groups -OCH3 is 1. The first-order valence-corrected chi connectivity index (χ1v) is 9.12. The molecule has 0 radical (unpaired) electrons. The van der Waals surface area contributed by atoms with Gasteiger partial charge in [-0.2, -0.15) is 0 Å². The molecule has 152 valence electrons. The molecule has 0 bridgehead atoms. The first kappa shape index (κ1) is 19.1. The van der Waals surface area contributed by atoms with Crippen molar-refractivity contribution in [3.05, 3.63) is 66.6 Å². The Bertz CT molecular complexity index is 1180. The van der Waals surface area contributed by atoms with Gasteiger partial charge < -0.3 is 15.4 Å². The normalized spacial score (nSPS) is 10.6. The Hall–Kier alpha value is -4.21. The average molecular weight is 404 g/mol. The number of rotatable bonds is 6. The fourth-order valence-electron chi connectivity index (χ4n) is 2.93. The first-order valence-electron chi connectivity index (χ1n) is 9.12. The fourth-order valence-corrected chi connectivity index (χ4v) is 2.93. The second kappa shape index (κ2) is 8.03. The van der Waals surface area contributed by atoms with Crippen molar-refractivity contribution in [2.45, 2.75) is 6.92 Å². The van der Waals surface area contributed by atoms with Gasteiger partial charge in [0.2, 0.25) is 5.88 Å². The molecule has 0 atom stereocenters. The molecule has 3 heterocycles. The van der Waals surface area contributed by atoms with Crippen molar-refractivity contribution in [2.75, 3.05) is 17.7 Å². The molecule has 30 heavy (non-hydrogen) atoms. The van der Waals surface area contributed by atoms with Crippen molar-refractivity contribution in [1.82, 2.24) is 29.3 Å². The van der Waals surface area contributed by atoms with Crippen LogP contribution in [0, 0.1) is 6.92 Å². The summed E-state index contributed by atoms with van der Waals surface area (Å²) in [5.74, 6) is 2.18. The third-order valence-corrected chi connectivity index (χ3v) is 4.37. The van der Waals surface area contributed by atoms with Gasteiger partial charge in [-0.25, -0.2) is 15.0 Å². The van der Waals surface area contributed by atoms with E-state index in [1.165, 1.54) is 18.1 Å². The molecule has 0 saturated heterocycles. The van der Waals surface area contributed by atoms with Gasteiger partial charge in [0.25, 0.3) is 5.91 Å². The van der Waals surface area contributed by atoms with Crippen LogP contribution in [0.1, 0.15) is 16.2 Å². The lowest BCUT2D eigenvalue weighted by atomic mass is 10.2. The zero-order valence-corrected chi connectivity index (χ0v) is 16.7. The number of nitrogens with one attached hydrogen (secondary N) is 2. The largest absolute Gasteiger partial charge is 0.479 e. The summed E-state index contributed by atoms with van der Waals surface area (Å²) in [6.07, 6.45) is 6.67. The van der Waals surface area contributed by atoms with Crippen molar-refractivity contribution >= 4 is 23.1 Å². The summed E-state index contributed by atoms with van der Waals surface area (Å²) in [5, 5.41) is 10.2. The summed E-state index contributed by atoms with van der Waals surface area (Å²) in [7, 11) is 3.21. The van der Waals surface area contributed by atoms with Crippen LogP contribution in [0.2, 0.25) is 0 Å². The molecule has 1 amide bonds. The zero-order valence-electron chi connectivity index (χ0n) is 16.7. The number of amides is 1. The van der Waals surface area contributed by atoms with E-state index >= 15 is 0 Å². The van der Waals surface area contributed by atoms with Crippen molar-refractivity contribution in [3.63, 3.8) is 0 Å². The Balaban J connectivity index is 1.45. The van der Waals surface area contributed by atoms with Crippen LogP contribution in [0.25, 0.3) is 5.82 Å². The van der Waals surface area contributed by atoms with Gasteiger partial charge in [-0.3, -0.25) is 14.0 Å². The second-order valence-electron chi connectivity index (χ2n) is 6.49. The topological polar surface area (TPSA) is 112 Å². The molecular formula is C20H20N8O2. The van der Waals surface area contributed by atoms with Crippen LogP contribution in [0.15, 0.2) is 55.2 Å². The van der Waals surface area contributed by atoms with Crippen LogP contribution in [-0.2, 0) is 7.05 Å². The molecule has 1 aromatic carbocycles. The highest BCUT2D eigenvalue weighted by Gasteiger charge is 2.16. The third-order valence-electron chi connectivity index (χ3n) is 4.37. The van der Waals surface area contributed by atoms with Crippen molar-refractivity contribution < 1.29 is 9.53 Å². The molecule has 2 N–H and O–H groups in total. The van der Waals surface area contributed by atoms with Gasteiger partial charge in [0.1, 0.15) is 29.4 Å². The number of ether oxygens (including phenoxy) is 1. The van der Waals surface area contributed by atoms with Crippen LogP contribution in [0.4, 0.5) is 17.2 Å². The minimum Gasteiger partial charge on any atom is -0.479 e. The maximum absolute atomic E-state index is 12.5. The Morgan fingerprint density at radius 3 is 2.57 bits per heavy atom. The second-order valence-corrected chi connectivity index (χ2v) is 6.49. The lowest BCUT2D eigenvalue weighted by molar-refractivity contribution is 0.102. The standard InChI is InChI=1S/C20H20N8O2/c1-13-21-8-9-28(13)18-10-17(22-12-23-18)24-14-4-6-15(7-5-14)25-19(29)16-11-27(2)26-20(16)30-3/h4-12H,1-3H3,(H,25,29)(H,22,23,24). The summed E-state index contributed by atoms with van der Waals surface area (Å²) in [6, 6.07) is 9.12. The molecule has 10 nitrogen and oxygen atoms in total. The molecular weight excluding hydrogens is 384 g/mol. The first-order chi connectivity index (χ1) is 14.5. The maximum atomic E-state index is 12.5. The summed E-state index contributed by atoms with van der Waals surface area (Å²) < 4.78 is 8.54. The molecule has 10 heteroatoms. The molecule has 0 saturated carbocycles. The zero-order chi connectivity index (χ0) is 21.1. The average Bonchev–Trinajstić information content (AvgIpc) is 3.35. The van der Waals surface area contributed by atoms with E-state index in [1.807, 2.05) is 35.9 Å². The van der Waals surface area contributed by atoms with E-state index in [0.717, 1.165) is 17.3 Å². The highest BCUT2D eigenvalue weighted by Crippen LogP contribution is 2.21. The molecule has 3 aromatic heterocycles. The van der Waals surface area contributed by atoms with Crippen LogP contribution >= 0.6 is 0 Å². The smallest absolute Gasteiger partial charge is 0.262 e. The number of carbonyl (C=O) groups is 1. The number of hydrogen-bond donors (Lipinski definition) is 2. The summed E-state index contributed by atoms with van der Waals surface area (Å²) in [6.45, 7) is 1.91. The lowest BCUT2D eigenvalue weighted by Crippen LogP contribution is -2.12. The van der Waals surface area contributed by atoms with E-state index in [1.54, 1.807) is 31.6 Å². The molecule has 0 aliphatic heterocycles. The molecule has 0 aliphatic carbocycles. The number of imidazole rings is 1. The maximum Gasteiger partial charge on any atom is 0.262 e. The lowest BCUT2D eigenvalue weighted by Gasteiger charge is -2.09. The van der Waals surface area contributed by atoms with Crippen molar-refractivity contribution in [2.24, 2.45) is 7.05 Å². The number of carbonyl (C=O) groups excluding carboxylic acids is 1. The van der Waals surface area contributed by atoms with E-state index in [-0.39, 0.29) is 11.8 Å². The number of hydrogen-bond acceptors (Lipinski definition) is 7. The number of nitrogens with zero attached hydrogens (tertiary/aromatic N) is 6. The number of anilines is 3. The summed E-state index contributed by atoms with van der Waals surface area (Å²) >= 11 is 0. The summed E-state index contributed by atoms with van der Waals surface area (Å²) in [5.41, 5.74) is 1.83. The molecule has 4 aromatic rings. The quantitative estimate of drug-likeness (QED) is 0.508. The van der Waals surface area contributed by atoms with E-state index < -0.39 is 0 Å². The summed E-state index contributed by atoms with van der Waals surface area (Å²) in [4.78, 5) is 25.2. The molecule has 0 aliphatic rings. The Kier molecular flexibility index (Phi) is 5.12. The molecule has 0 fully saturated rings. The van der Waals surface area contributed by atoms with E-state index in [9.17, 15) is 4.79 Å². The van der Waals surface area contributed by atoms with Crippen LogP contribution in [0.5, 0.6) is 5.88 Å². The van der Waals surface area contributed by atoms with Crippen molar-refractivity contribution in [3.8, 4) is 11.7 Å². The van der Waals surface area contributed by atoms with E-state index in [4.69, 9.17) is 4.74 Å². The van der Waals surface area contributed by atoms with E-state index in [2.05, 4.69) is 30.7 Å². The number of aryl methyl sites for hydroxylation is 2.